The van der Waals surface area contributed by atoms with E-state index in [2.05, 4.69) is 16.0 Å². The summed E-state index contributed by atoms with van der Waals surface area (Å²) in [5.74, 6) is 1.44. The van der Waals surface area contributed by atoms with Crippen LogP contribution in [0.3, 0.4) is 0 Å². The number of hydrogen-bond donors (Lipinski definition) is 0. The van der Waals surface area contributed by atoms with Gasteiger partial charge in [-0.1, -0.05) is 0 Å². The molecular weight excluding hydrogens is 318 g/mol. The minimum atomic E-state index is 0.161. The average Bonchev–Trinajstić information content (AvgIpc) is 3.00. The highest BCUT2D eigenvalue weighted by Crippen LogP contribution is 2.32. The minimum Gasteiger partial charge on any atom is -0.383 e. The molecule has 25 heavy (non-hydrogen) atoms. The molecule has 1 aliphatic rings. The molecule has 7 heteroatoms. The number of nitrogens with zero attached hydrogens (tertiary/aromatic N) is 5. The second-order valence-corrected chi connectivity index (χ2v) is 6.79. The first-order chi connectivity index (χ1) is 12.0. The number of aryl methyl sites for hydroxylation is 1. The zero-order valence-corrected chi connectivity index (χ0v) is 15.5. The van der Waals surface area contributed by atoms with Crippen LogP contribution in [-0.2, 0) is 16.6 Å². The first kappa shape index (κ1) is 17.7. The van der Waals surface area contributed by atoms with Crippen LogP contribution in [0.25, 0.3) is 11.0 Å². The minimum absolute atomic E-state index is 0.161. The number of fused-ring (bicyclic) bond motifs is 1. The van der Waals surface area contributed by atoms with Gasteiger partial charge in [-0.2, -0.15) is 0 Å². The Morgan fingerprint density at radius 3 is 2.76 bits per heavy atom. The lowest BCUT2D eigenvalue weighted by Gasteiger charge is -2.31. The van der Waals surface area contributed by atoms with Gasteiger partial charge in [-0.25, -0.2) is 9.97 Å². The van der Waals surface area contributed by atoms with E-state index in [1.165, 1.54) is 0 Å². The fraction of sp³-hybridized carbons (Fsp3) is 0.611. The maximum absolute atomic E-state index is 11.6. The molecule has 0 spiro atoms. The van der Waals surface area contributed by atoms with Crippen molar-refractivity contribution in [3.8, 4) is 0 Å². The zero-order valence-electron chi connectivity index (χ0n) is 15.5. The van der Waals surface area contributed by atoms with E-state index in [0.717, 1.165) is 55.0 Å². The fourth-order valence-electron chi connectivity index (χ4n) is 3.43. The van der Waals surface area contributed by atoms with Gasteiger partial charge in [-0.05, 0) is 18.9 Å². The molecule has 3 rings (SSSR count). The number of hydrogen-bond acceptors (Lipinski definition) is 5. The van der Waals surface area contributed by atoms with Gasteiger partial charge in [0.15, 0.2) is 5.82 Å². The van der Waals surface area contributed by atoms with E-state index < -0.39 is 0 Å². The van der Waals surface area contributed by atoms with Gasteiger partial charge in [0.2, 0.25) is 5.91 Å². The van der Waals surface area contributed by atoms with Crippen LogP contribution in [0.1, 0.15) is 31.4 Å². The Morgan fingerprint density at radius 2 is 2.12 bits per heavy atom. The number of anilines is 1. The summed E-state index contributed by atoms with van der Waals surface area (Å²) in [4.78, 5) is 25.1. The third-order valence-corrected chi connectivity index (χ3v) is 5.07. The molecule has 0 bridgehead atoms. The van der Waals surface area contributed by atoms with E-state index in [1.807, 2.05) is 29.9 Å². The number of methoxy groups -OCH3 is 1. The largest absolute Gasteiger partial charge is 0.383 e. The van der Waals surface area contributed by atoms with Gasteiger partial charge in [0.1, 0.15) is 5.52 Å². The Labute approximate surface area is 148 Å². The van der Waals surface area contributed by atoms with Gasteiger partial charge in [-0.15, -0.1) is 0 Å². The molecule has 136 valence electrons. The maximum atomic E-state index is 11.6. The summed E-state index contributed by atoms with van der Waals surface area (Å²) in [7, 11) is 5.74. The fourth-order valence-corrected chi connectivity index (χ4v) is 3.43. The van der Waals surface area contributed by atoms with Crippen LogP contribution in [0.5, 0.6) is 0 Å². The summed E-state index contributed by atoms with van der Waals surface area (Å²) in [6, 6.07) is 2.16. The smallest absolute Gasteiger partial charge is 0.219 e. The maximum Gasteiger partial charge on any atom is 0.219 e. The number of piperidine rings is 1. The van der Waals surface area contributed by atoms with Gasteiger partial charge in [0, 0.05) is 59.4 Å². The second kappa shape index (κ2) is 7.39. The average molecular weight is 345 g/mol. The lowest BCUT2D eigenvalue weighted by molar-refractivity contribution is -0.129. The number of carbonyl (C=O) groups is 1. The third-order valence-electron chi connectivity index (χ3n) is 5.07. The predicted octanol–water partition coefficient (Wildman–Crippen LogP) is 1.78. The van der Waals surface area contributed by atoms with E-state index in [1.54, 1.807) is 14.0 Å². The predicted molar refractivity (Wildman–Crippen MR) is 97.9 cm³/mol. The summed E-state index contributed by atoms with van der Waals surface area (Å²) in [6.45, 7) is 4.66. The normalized spacial score (nSPS) is 15.8. The van der Waals surface area contributed by atoms with E-state index in [9.17, 15) is 4.79 Å². The molecule has 2 aromatic heterocycles. The van der Waals surface area contributed by atoms with E-state index in [4.69, 9.17) is 9.72 Å². The molecule has 7 nitrogen and oxygen atoms in total. The molecule has 0 radical (unpaired) electrons. The molecule has 1 aliphatic heterocycles. The first-order valence-electron chi connectivity index (χ1n) is 8.78. The summed E-state index contributed by atoms with van der Waals surface area (Å²) < 4.78 is 7.24. The molecule has 0 saturated carbocycles. The van der Waals surface area contributed by atoms with Crippen molar-refractivity contribution < 1.29 is 9.53 Å². The lowest BCUT2D eigenvalue weighted by atomic mass is 9.92. The standard InChI is InChI=1S/C18H27N5O2/c1-13(24)23-7-5-14(6-8-23)15-11-16-17(19-12-22(16)3)18(20-15)21(2)9-10-25-4/h11-12,14H,5-10H2,1-4H3. The number of likely N-dealkylation sites (N-methyl/N-ethyl adjacent to an activating group) is 1. The van der Waals surface area contributed by atoms with Crippen molar-refractivity contribution in [1.29, 1.82) is 0 Å². The van der Waals surface area contributed by atoms with Crippen LogP contribution < -0.4 is 4.90 Å². The number of aromatic nitrogens is 3. The van der Waals surface area contributed by atoms with Crippen molar-refractivity contribution in [1.82, 2.24) is 19.4 Å². The van der Waals surface area contributed by atoms with Gasteiger partial charge < -0.3 is 19.1 Å². The molecule has 2 aromatic rings. The molecule has 1 fully saturated rings. The Balaban J connectivity index is 1.91. The number of pyridine rings is 1. The summed E-state index contributed by atoms with van der Waals surface area (Å²) in [5.41, 5.74) is 3.11. The Morgan fingerprint density at radius 1 is 1.40 bits per heavy atom. The number of likely N-dealkylation sites (tertiary alicyclic amines) is 1. The molecule has 3 heterocycles. The summed E-state index contributed by atoms with van der Waals surface area (Å²) in [6.07, 6.45) is 3.75. The van der Waals surface area contributed by atoms with Crippen molar-refractivity contribution >= 4 is 22.8 Å². The quantitative estimate of drug-likeness (QED) is 0.826. The SMILES string of the molecule is COCCN(C)c1nc(C2CCN(C(C)=O)CC2)cc2c1ncn2C. The van der Waals surface area contributed by atoms with Gasteiger partial charge in [0.25, 0.3) is 0 Å². The number of amides is 1. The van der Waals surface area contributed by atoms with Gasteiger partial charge >= 0.3 is 0 Å². The third kappa shape index (κ3) is 3.61. The summed E-state index contributed by atoms with van der Waals surface area (Å²) in [5, 5.41) is 0. The highest BCUT2D eigenvalue weighted by Gasteiger charge is 2.25. The van der Waals surface area contributed by atoms with Crippen molar-refractivity contribution in [2.24, 2.45) is 7.05 Å². The van der Waals surface area contributed by atoms with Gasteiger partial charge in [0.05, 0.1) is 18.5 Å². The van der Waals surface area contributed by atoms with Crippen molar-refractivity contribution in [3.05, 3.63) is 18.1 Å². The second-order valence-electron chi connectivity index (χ2n) is 6.79. The van der Waals surface area contributed by atoms with E-state index in [-0.39, 0.29) is 5.91 Å². The number of imidazole rings is 1. The highest BCUT2D eigenvalue weighted by molar-refractivity contribution is 5.87. The van der Waals surface area contributed by atoms with Crippen LogP contribution in [-0.4, -0.2) is 65.7 Å². The van der Waals surface area contributed by atoms with Gasteiger partial charge in [-0.3, -0.25) is 4.79 Å². The Kier molecular flexibility index (Phi) is 5.22. The molecule has 0 aromatic carbocycles. The Bertz CT molecular complexity index is 749. The molecular formula is C18H27N5O2. The number of ether oxygens (including phenoxy) is 1. The zero-order chi connectivity index (χ0) is 18.0. The number of rotatable bonds is 5. The van der Waals surface area contributed by atoms with Crippen molar-refractivity contribution in [3.63, 3.8) is 0 Å². The van der Waals surface area contributed by atoms with Crippen LogP contribution in [0.2, 0.25) is 0 Å². The highest BCUT2D eigenvalue weighted by atomic mass is 16.5. The lowest BCUT2D eigenvalue weighted by Crippen LogP contribution is -2.36. The molecule has 0 atom stereocenters. The van der Waals surface area contributed by atoms with Crippen LogP contribution in [0.4, 0.5) is 5.82 Å². The summed E-state index contributed by atoms with van der Waals surface area (Å²) >= 11 is 0. The molecule has 1 amide bonds. The van der Waals surface area contributed by atoms with Crippen LogP contribution in [0.15, 0.2) is 12.4 Å². The molecule has 1 saturated heterocycles. The molecule has 0 aliphatic carbocycles. The molecule has 0 unspecified atom stereocenters. The first-order valence-corrected chi connectivity index (χ1v) is 8.78. The van der Waals surface area contributed by atoms with E-state index in [0.29, 0.717) is 12.5 Å². The van der Waals surface area contributed by atoms with E-state index >= 15 is 0 Å². The van der Waals surface area contributed by atoms with Crippen LogP contribution in [0, 0.1) is 0 Å². The Hall–Kier alpha value is -2.15. The van der Waals surface area contributed by atoms with Crippen LogP contribution >= 0.6 is 0 Å². The monoisotopic (exact) mass is 345 g/mol. The van der Waals surface area contributed by atoms with Crippen molar-refractivity contribution in [2.75, 3.05) is 45.3 Å². The molecule has 0 N–H and O–H groups in total. The topological polar surface area (TPSA) is 63.5 Å². The van der Waals surface area contributed by atoms with Crippen molar-refractivity contribution in [2.45, 2.75) is 25.7 Å². The number of carbonyl (C=O) groups excluding carboxylic acids is 1.